The molecule has 1 aliphatic heterocycles. The lowest BCUT2D eigenvalue weighted by atomic mass is 10.1. The van der Waals surface area contributed by atoms with Crippen molar-refractivity contribution in [1.29, 1.82) is 0 Å². The molecule has 0 aliphatic carbocycles. The van der Waals surface area contributed by atoms with Gasteiger partial charge in [0.25, 0.3) is 5.91 Å². The molecule has 1 heterocycles. The average molecular weight is 348 g/mol. The van der Waals surface area contributed by atoms with Crippen molar-refractivity contribution in [2.24, 2.45) is 0 Å². The zero-order valence-electron chi connectivity index (χ0n) is 11.9. The van der Waals surface area contributed by atoms with Gasteiger partial charge >= 0.3 is 0 Å². The number of carbonyl (C=O) groups excluding carboxylic acids is 1. The standard InChI is InChI=1S/C17H15BrFNO/c1-10-3-4-12(7-11(10)2)8-20-9-14-13(17(20)21)5-6-15(18)16(14)19/h3-7H,8-9H2,1-2H3. The molecule has 2 aromatic carbocycles. The molecule has 0 saturated heterocycles. The van der Waals surface area contributed by atoms with Gasteiger partial charge in [-0.25, -0.2) is 4.39 Å². The summed E-state index contributed by atoms with van der Waals surface area (Å²) in [6, 6.07) is 9.43. The van der Waals surface area contributed by atoms with E-state index in [1.54, 1.807) is 17.0 Å². The van der Waals surface area contributed by atoms with Crippen LogP contribution in [0.15, 0.2) is 34.8 Å². The highest BCUT2D eigenvalue weighted by molar-refractivity contribution is 9.10. The molecule has 1 aliphatic rings. The number of halogens is 2. The molecule has 3 rings (SSSR count). The highest BCUT2D eigenvalue weighted by atomic mass is 79.9. The number of nitrogens with zero attached hydrogens (tertiary/aromatic N) is 1. The van der Waals surface area contributed by atoms with E-state index in [0.717, 1.165) is 5.56 Å². The third kappa shape index (κ3) is 2.48. The van der Waals surface area contributed by atoms with Gasteiger partial charge in [0.05, 0.1) is 11.0 Å². The van der Waals surface area contributed by atoms with Gasteiger partial charge in [0.2, 0.25) is 0 Å². The molecule has 2 aromatic rings. The van der Waals surface area contributed by atoms with Gasteiger partial charge in [-0.3, -0.25) is 4.79 Å². The third-order valence-electron chi connectivity index (χ3n) is 4.01. The summed E-state index contributed by atoms with van der Waals surface area (Å²) in [7, 11) is 0. The van der Waals surface area contributed by atoms with Crippen molar-refractivity contribution in [2.75, 3.05) is 0 Å². The van der Waals surface area contributed by atoms with Gasteiger partial charge in [0, 0.05) is 17.7 Å². The Kier molecular flexibility index (Phi) is 3.57. The van der Waals surface area contributed by atoms with Crippen LogP contribution in [-0.2, 0) is 13.1 Å². The highest BCUT2D eigenvalue weighted by Crippen LogP contribution is 2.30. The summed E-state index contributed by atoms with van der Waals surface area (Å²) in [6.45, 7) is 4.94. The van der Waals surface area contributed by atoms with Crippen LogP contribution >= 0.6 is 15.9 Å². The normalized spacial score (nSPS) is 13.7. The summed E-state index contributed by atoms with van der Waals surface area (Å²) >= 11 is 3.17. The number of benzene rings is 2. The monoisotopic (exact) mass is 347 g/mol. The molecule has 4 heteroatoms. The quantitative estimate of drug-likeness (QED) is 0.790. The summed E-state index contributed by atoms with van der Waals surface area (Å²) in [5, 5.41) is 0. The van der Waals surface area contributed by atoms with Crippen LogP contribution < -0.4 is 0 Å². The molecular formula is C17H15BrFNO. The van der Waals surface area contributed by atoms with Crippen molar-refractivity contribution >= 4 is 21.8 Å². The van der Waals surface area contributed by atoms with E-state index in [4.69, 9.17) is 0 Å². The fraction of sp³-hybridized carbons (Fsp3) is 0.235. The lowest BCUT2D eigenvalue weighted by Crippen LogP contribution is -2.23. The van der Waals surface area contributed by atoms with Gasteiger partial charge in [-0.1, -0.05) is 18.2 Å². The Morgan fingerprint density at radius 2 is 1.95 bits per heavy atom. The Balaban J connectivity index is 1.88. The van der Waals surface area contributed by atoms with Crippen molar-refractivity contribution in [3.63, 3.8) is 0 Å². The van der Waals surface area contributed by atoms with E-state index in [9.17, 15) is 9.18 Å². The molecule has 0 atom stereocenters. The second-order valence-corrected chi connectivity index (χ2v) is 6.32. The number of amides is 1. The average Bonchev–Trinajstić information content (AvgIpc) is 2.76. The van der Waals surface area contributed by atoms with Crippen LogP contribution in [0, 0.1) is 19.7 Å². The van der Waals surface area contributed by atoms with E-state index in [1.165, 1.54) is 11.1 Å². The van der Waals surface area contributed by atoms with Crippen molar-refractivity contribution in [3.05, 3.63) is 68.4 Å². The summed E-state index contributed by atoms with van der Waals surface area (Å²) in [4.78, 5) is 14.0. The summed E-state index contributed by atoms with van der Waals surface area (Å²) in [5.74, 6) is -0.432. The Labute approximate surface area is 131 Å². The Hall–Kier alpha value is -1.68. The first kappa shape index (κ1) is 14.3. The fourth-order valence-corrected chi connectivity index (χ4v) is 3.00. The fourth-order valence-electron chi connectivity index (χ4n) is 2.63. The molecule has 2 nitrogen and oxygen atoms in total. The van der Waals surface area contributed by atoms with Crippen LogP contribution in [0.1, 0.15) is 32.6 Å². The van der Waals surface area contributed by atoms with Crippen molar-refractivity contribution in [1.82, 2.24) is 4.90 Å². The third-order valence-corrected chi connectivity index (χ3v) is 4.62. The van der Waals surface area contributed by atoms with E-state index in [0.29, 0.717) is 28.7 Å². The molecule has 0 unspecified atom stereocenters. The van der Waals surface area contributed by atoms with Crippen LogP contribution in [0.2, 0.25) is 0 Å². The summed E-state index contributed by atoms with van der Waals surface area (Å²) in [5.41, 5.74) is 4.45. The molecule has 0 spiro atoms. The van der Waals surface area contributed by atoms with Crippen molar-refractivity contribution in [2.45, 2.75) is 26.9 Å². The van der Waals surface area contributed by atoms with Crippen LogP contribution in [0.3, 0.4) is 0 Å². The first-order valence-electron chi connectivity index (χ1n) is 6.79. The van der Waals surface area contributed by atoms with Gasteiger partial charge in [-0.2, -0.15) is 0 Å². The molecule has 108 valence electrons. The Morgan fingerprint density at radius 1 is 1.19 bits per heavy atom. The number of hydrogen-bond donors (Lipinski definition) is 0. The van der Waals surface area contributed by atoms with E-state index in [2.05, 4.69) is 41.9 Å². The molecular weight excluding hydrogens is 333 g/mol. The van der Waals surface area contributed by atoms with Gasteiger partial charge < -0.3 is 4.90 Å². The van der Waals surface area contributed by atoms with Gasteiger partial charge in [0.15, 0.2) is 0 Å². The van der Waals surface area contributed by atoms with E-state index >= 15 is 0 Å². The molecule has 0 fully saturated rings. The van der Waals surface area contributed by atoms with Gasteiger partial charge in [-0.15, -0.1) is 0 Å². The molecule has 0 bridgehead atoms. The smallest absolute Gasteiger partial charge is 0.254 e. The Morgan fingerprint density at radius 3 is 2.67 bits per heavy atom. The number of hydrogen-bond acceptors (Lipinski definition) is 1. The van der Waals surface area contributed by atoms with Gasteiger partial charge in [-0.05, 0) is 58.6 Å². The van der Waals surface area contributed by atoms with Crippen LogP contribution in [0.5, 0.6) is 0 Å². The molecule has 21 heavy (non-hydrogen) atoms. The zero-order chi connectivity index (χ0) is 15.1. The molecule has 0 aromatic heterocycles. The SMILES string of the molecule is Cc1ccc(CN2Cc3c(ccc(Br)c3F)C2=O)cc1C. The van der Waals surface area contributed by atoms with Crippen LogP contribution in [0.4, 0.5) is 4.39 Å². The minimum atomic E-state index is -0.330. The summed E-state index contributed by atoms with van der Waals surface area (Å²) in [6.07, 6.45) is 0. The number of fused-ring (bicyclic) bond motifs is 1. The molecule has 0 radical (unpaired) electrons. The summed E-state index contributed by atoms with van der Waals surface area (Å²) < 4.78 is 14.5. The predicted molar refractivity (Wildman–Crippen MR) is 83.6 cm³/mol. The lowest BCUT2D eigenvalue weighted by molar-refractivity contribution is 0.0766. The van der Waals surface area contributed by atoms with Crippen LogP contribution in [-0.4, -0.2) is 10.8 Å². The maximum Gasteiger partial charge on any atom is 0.254 e. The first-order chi connectivity index (χ1) is 9.97. The zero-order valence-corrected chi connectivity index (χ0v) is 13.5. The number of carbonyl (C=O) groups is 1. The number of rotatable bonds is 2. The Bertz CT molecular complexity index is 742. The van der Waals surface area contributed by atoms with E-state index in [-0.39, 0.29) is 11.7 Å². The topological polar surface area (TPSA) is 20.3 Å². The molecule has 0 saturated carbocycles. The molecule has 1 amide bonds. The highest BCUT2D eigenvalue weighted by Gasteiger charge is 2.30. The maximum atomic E-state index is 14.1. The van der Waals surface area contributed by atoms with Crippen molar-refractivity contribution in [3.8, 4) is 0 Å². The molecule has 0 N–H and O–H groups in total. The van der Waals surface area contributed by atoms with Crippen LogP contribution in [0.25, 0.3) is 0 Å². The minimum Gasteiger partial charge on any atom is -0.330 e. The lowest BCUT2D eigenvalue weighted by Gasteiger charge is -2.16. The predicted octanol–water partition coefficient (Wildman–Crippen LogP) is 4.36. The number of aryl methyl sites for hydroxylation is 2. The second kappa shape index (κ2) is 5.26. The largest absolute Gasteiger partial charge is 0.330 e. The maximum absolute atomic E-state index is 14.1. The van der Waals surface area contributed by atoms with E-state index in [1.807, 2.05) is 6.07 Å². The van der Waals surface area contributed by atoms with E-state index < -0.39 is 0 Å². The first-order valence-corrected chi connectivity index (χ1v) is 7.59. The second-order valence-electron chi connectivity index (χ2n) is 5.47. The van der Waals surface area contributed by atoms with Gasteiger partial charge in [0.1, 0.15) is 5.82 Å². The van der Waals surface area contributed by atoms with Crippen molar-refractivity contribution < 1.29 is 9.18 Å². The minimum absolute atomic E-state index is 0.102.